The Labute approximate surface area is 242 Å². The number of phenolic OH excluding ortho intramolecular Hbond substituents is 1. The lowest BCUT2D eigenvalue weighted by molar-refractivity contribution is -0.139. The predicted octanol–water partition coefficient (Wildman–Crippen LogP) is 5.41. The average Bonchev–Trinajstić information content (AvgIpc) is 3.29. The van der Waals surface area contributed by atoms with Crippen molar-refractivity contribution in [2.75, 3.05) is 5.32 Å². The molecular weight excluding hydrogens is 541 g/mol. The number of aliphatic hydroxyl groups is 2. The van der Waals surface area contributed by atoms with Crippen LogP contribution in [0, 0.1) is 5.82 Å². The van der Waals surface area contributed by atoms with E-state index in [1.54, 1.807) is 48.8 Å². The van der Waals surface area contributed by atoms with E-state index in [-0.39, 0.29) is 36.7 Å². The van der Waals surface area contributed by atoms with Crippen LogP contribution in [0.1, 0.15) is 55.1 Å². The smallest absolute Gasteiger partial charge is 0.305 e. The molecule has 220 valence electrons. The monoisotopic (exact) mass is 575 g/mol. The zero-order valence-electron chi connectivity index (χ0n) is 23.4. The number of aliphatic hydroxyl groups excluding tert-OH is 2. The summed E-state index contributed by atoms with van der Waals surface area (Å²) in [4.78, 5) is 29.3. The number of carbonyl (C=O) groups is 2. The number of nitrogens with zero attached hydrogens (tertiary/aromatic N) is 2. The van der Waals surface area contributed by atoms with E-state index in [4.69, 9.17) is 5.11 Å². The highest BCUT2D eigenvalue weighted by atomic mass is 19.1. The molecule has 0 aliphatic carbocycles. The minimum absolute atomic E-state index is 0.0962. The Kier molecular flexibility index (Phi) is 9.72. The molecule has 10 heteroatoms. The molecule has 2 atom stereocenters. The molecule has 5 N–H and O–H groups in total. The number of rotatable bonds is 12. The Bertz CT molecular complexity index is 1540. The summed E-state index contributed by atoms with van der Waals surface area (Å²) >= 11 is 0. The summed E-state index contributed by atoms with van der Waals surface area (Å²) in [6, 6.07) is 15.8. The number of hydrogen-bond acceptors (Lipinski definition) is 6. The van der Waals surface area contributed by atoms with Crippen LogP contribution in [-0.2, 0) is 11.3 Å². The van der Waals surface area contributed by atoms with E-state index < -0.39 is 36.3 Å². The van der Waals surface area contributed by atoms with Gasteiger partial charge in [0, 0.05) is 35.8 Å². The first kappa shape index (κ1) is 30.4. The van der Waals surface area contributed by atoms with Crippen molar-refractivity contribution in [1.82, 2.24) is 9.55 Å². The number of aromatic nitrogens is 2. The van der Waals surface area contributed by atoms with Gasteiger partial charge in [0.2, 0.25) is 0 Å². The molecule has 1 amide bonds. The molecule has 0 aliphatic rings. The molecule has 0 bridgehead atoms. The molecule has 0 radical (unpaired) electrons. The van der Waals surface area contributed by atoms with Gasteiger partial charge in [-0.25, -0.2) is 4.39 Å². The van der Waals surface area contributed by atoms with Gasteiger partial charge in [0.15, 0.2) is 0 Å². The molecule has 0 fully saturated rings. The third-order valence-electron chi connectivity index (χ3n) is 6.94. The van der Waals surface area contributed by atoms with Crippen molar-refractivity contribution < 1.29 is 34.4 Å². The van der Waals surface area contributed by atoms with Crippen LogP contribution in [0.3, 0.4) is 0 Å². The maximum Gasteiger partial charge on any atom is 0.305 e. The van der Waals surface area contributed by atoms with E-state index in [9.17, 15) is 29.3 Å². The number of hydrogen-bond donors (Lipinski definition) is 5. The lowest BCUT2D eigenvalue weighted by Gasteiger charge is -2.20. The first-order valence-corrected chi connectivity index (χ1v) is 13.7. The standard InChI is InChI=1S/C32H34FN3O6/c1-19(2)30-29(32(42)35-25-7-3-4-8-26(25)39)28(21-6-5-14-34-18-21)31(20-9-11-22(33)12-10-20)36(30)15-13-23(37)16-24(38)17-27(40)41/h3-12,14,18-19,23-24,37-39H,13,15-17H2,1-2H3,(H,35,42)(H,40,41)/t23-,24-/m1/s1. The molecule has 9 nitrogen and oxygen atoms in total. The summed E-state index contributed by atoms with van der Waals surface area (Å²) in [5.41, 5.74) is 3.62. The van der Waals surface area contributed by atoms with Crippen molar-refractivity contribution in [3.8, 4) is 28.1 Å². The summed E-state index contributed by atoms with van der Waals surface area (Å²) in [7, 11) is 0. The van der Waals surface area contributed by atoms with Gasteiger partial charge in [-0.15, -0.1) is 0 Å². The minimum Gasteiger partial charge on any atom is -0.506 e. The molecule has 42 heavy (non-hydrogen) atoms. The van der Waals surface area contributed by atoms with Gasteiger partial charge in [-0.05, 0) is 66.8 Å². The van der Waals surface area contributed by atoms with Crippen LogP contribution in [0.5, 0.6) is 5.75 Å². The van der Waals surface area contributed by atoms with Gasteiger partial charge in [-0.2, -0.15) is 0 Å². The van der Waals surface area contributed by atoms with Gasteiger partial charge in [-0.1, -0.05) is 32.0 Å². The number of carboxylic acids is 1. The van der Waals surface area contributed by atoms with Crippen LogP contribution >= 0.6 is 0 Å². The molecule has 2 heterocycles. The van der Waals surface area contributed by atoms with E-state index in [2.05, 4.69) is 10.3 Å². The van der Waals surface area contributed by atoms with Crippen molar-refractivity contribution in [2.24, 2.45) is 0 Å². The molecule has 0 unspecified atom stereocenters. The number of benzene rings is 2. The Morgan fingerprint density at radius 2 is 1.69 bits per heavy atom. The Morgan fingerprint density at radius 3 is 2.31 bits per heavy atom. The number of anilines is 1. The molecule has 0 saturated heterocycles. The largest absolute Gasteiger partial charge is 0.506 e. The fraction of sp³-hybridized carbons (Fsp3) is 0.281. The van der Waals surface area contributed by atoms with E-state index >= 15 is 0 Å². The molecule has 4 aromatic rings. The molecule has 0 aliphatic heterocycles. The van der Waals surface area contributed by atoms with Crippen LogP contribution < -0.4 is 5.32 Å². The molecular formula is C32H34FN3O6. The van der Waals surface area contributed by atoms with Gasteiger partial charge in [-0.3, -0.25) is 14.6 Å². The highest BCUT2D eigenvalue weighted by Crippen LogP contribution is 2.42. The van der Waals surface area contributed by atoms with Gasteiger partial charge >= 0.3 is 5.97 Å². The summed E-state index contributed by atoms with van der Waals surface area (Å²) in [5.74, 6) is -2.36. The van der Waals surface area contributed by atoms with Gasteiger partial charge in [0.05, 0.1) is 35.6 Å². The topological polar surface area (TPSA) is 145 Å². The number of carbonyl (C=O) groups excluding carboxylic acids is 1. The van der Waals surface area contributed by atoms with Crippen molar-refractivity contribution in [3.63, 3.8) is 0 Å². The highest BCUT2D eigenvalue weighted by Gasteiger charge is 2.31. The van der Waals surface area contributed by atoms with Gasteiger partial charge in [0.1, 0.15) is 11.6 Å². The van der Waals surface area contributed by atoms with Crippen LogP contribution in [0.2, 0.25) is 0 Å². The molecule has 0 saturated carbocycles. The number of nitrogens with one attached hydrogen (secondary N) is 1. The fourth-order valence-corrected chi connectivity index (χ4v) is 5.16. The maximum absolute atomic E-state index is 14.1. The summed E-state index contributed by atoms with van der Waals surface area (Å²) in [5, 5.41) is 42.9. The van der Waals surface area contributed by atoms with Crippen molar-refractivity contribution in [2.45, 2.75) is 57.8 Å². The van der Waals surface area contributed by atoms with Gasteiger partial charge in [0.25, 0.3) is 5.91 Å². The van der Waals surface area contributed by atoms with E-state index in [0.29, 0.717) is 33.6 Å². The number of aliphatic carboxylic acids is 1. The zero-order chi connectivity index (χ0) is 30.4. The van der Waals surface area contributed by atoms with Crippen molar-refractivity contribution in [1.29, 1.82) is 0 Å². The second kappa shape index (κ2) is 13.4. The normalized spacial score (nSPS) is 12.7. The number of aromatic hydroxyl groups is 1. The van der Waals surface area contributed by atoms with Crippen molar-refractivity contribution >= 4 is 17.6 Å². The minimum atomic E-state index is -1.21. The number of amides is 1. The predicted molar refractivity (Wildman–Crippen MR) is 157 cm³/mol. The number of phenols is 1. The van der Waals surface area contributed by atoms with Crippen LogP contribution in [0.4, 0.5) is 10.1 Å². The second-order valence-electron chi connectivity index (χ2n) is 10.4. The summed E-state index contributed by atoms with van der Waals surface area (Å²) in [6.45, 7) is 4.06. The quantitative estimate of drug-likeness (QED) is 0.142. The second-order valence-corrected chi connectivity index (χ2v) is 10.4. The number of carboxylic acid groups (broad SMARTS) is 1. The lowest BCUT2D eigenvalue weighted by Crippen LogP contribution is -2.22. The molecule has 2 aromatic heterocycles. The van der Waals surface area contributed by atoms with Crippen LogP contribution in [0.15, 0.2) is 73.1 Å². The molecule has 4 rings (SSSR count). The zero-order valence-corrected chi connectivity index (χ0v) is 23.4. The Balaban J connectivity index is 1.91. The number of para-hydroxylation sites is 2. The third-order valence-corrected chi connectivity index (χ3v) is 6.94. The van der Waals surface area contributed by atoms with Gasteiger partial charge < -0.3 is 30.3 Å². The fourth-order valence-electron chi connectivity index (χ4n) is 5.16. The number of halogens is 1. The highest BCUT2D eigenvalue weighted by molar-refractivity contribution is 6.13. The van der Waals surface area contributed by atoms with Crippen LogP contribution in [0.25, 0.3) is 22.4 Å². The Morgan fingerprint density at radius 1 is 0.976 bits per heavy atom. The lowest BCUT2D eigenvalue weighted by atomic mass is 9.95. The first-order valence-electron chi connectivity index (χ1n) is 13.7. The van der Waals surface area contributed by atoms with E-state index in [1.165, 1.54) is 18.2 Å². The average molecular weight is 576 g/mol. The molecule has 0 spiro atoms. The van der Waals surface area contributed by atoms with Crippen molar-refractivity contribution in [3.05, 3.63) is 90.1 Å². The van der Waals surface area contributed by atoms with E-state index in [1.807, 2.05) is 24.5 Å². The SMILES string of the molecule is CC(C)c1c(C(=O)Nc2ccccc2O)c(-c2cccnc2)c(-c2ccc(F)cc2)n1CC[C@@H](O)C[C@@H](O)CC(=O)O. The molecule has 2 aromatic carbocycles. The Hall–Kier alpha value is -4.54. The summed E-state index contributed by atoms with van der Waals surface area (Å²) < 4.78 is 15.9. The maximum atomic E-state index is 14.1. The van der Waals surface area contributed by atoms with E-state index in [0.717, 1.165) is 0 Å². The number of pyridine rings is 1. The van der Waals surface area contributed by atoms with Crippen LogP contribution in [-0.4, -0.2) is 54.1 Å². The third kappa shape index (κ3) is 7.02. The first-order chi connectivity index (χ1) is 20.1. The summed E-state index contributed by atoms with van der Waals surface area (Å²) in [6.07, 6.45) is 0.531.